The molecular formula is C9H9NS. The highest BCUT2D eigenvalue weighted by atomic mass is 32.1. The van der Waals surface area contributed by atoms with Crippen molar-refractivity contribution in [3.05, 3.63) is 16.1 Å². The molecule has 0 N–H and O–H groups in total. The summed E-state index contributed by atoms with van der Waals surface area (Å²) < 4.78 is 0. The van der Waals surface area contributed by atoms with E-state index in [1.165, 1.54) is 25.0 Å². The van der Waals surface area contributed by atoms with Crippen LogP contribution in [0.3, 0.4) is 0 Å². The van der Waals surface area contributed by atoms with Crippen molar-refractivity contribution in [2.45, 2.75) is 25.2 Å². The third-order valence-electron chi connectivity index (χ3n) is 2.17. The Kier molecular flexibility index (Phi) is 1.67. The van der Waals surface area contributed by atoms with Gasteiger partial charge in [0.05, 0.1) is 5.69 Å². The largest absolute Gasteiger partial charge is 0.232 e. The number of hydrogen-bond acceptors (Lipinski definition) is 2. The van der Waals surface area contributed by atoms with Crippen LogP contribution in [0.2, 0.25) is 0 Å². The van der Waals surface area contributed by atoms with Crippen LogP contribution in [0.5, 0.6) is 0 Å². The smallest absolute Gasteiger partial charge is 0.166 e. The number of terminal acetylenes is 1. The van der Waals surface area contributed by atoms with Gasteiger partial charge < -0.3 is 0 Å². The van der Waals surface area contributed by atoms with Crippen LogP contribution < -0.4 is 0 Å². The van der Waals surface area contributed by atoms with Gasteiger partial charge in [-0.05, 0) is 18.8 Å². The molecule has 1 aliphatic rings. The van der Waals surface area contributed by atoms with Crippen molar-refractivity contribution in [1.29, 1.82) is 0 Å². The molecule has 0 saturated heterocycles. The van der Waals surface area contributed by atoms with Crippen LogP contribution in [-0.2, 0) is 0 Å². The van der Waals surface area contributed by atoms with E-state index in [2.05, 4.69) is 16.3 Å². The van der Waals surface area contributed by atoms with Crippen molar-refractivity contribution in [3.63, 3.8) is 0 Å². The second kappa shape index (κ2) is 2.67. The lowest BCUT2D eigenvalue weighted by Gasteiger charge is -2.22. The molecule has 0 unspecified atom stereocenters. The Labute approximate surface area is 70.5 Å². The second-order valence-electron chi connectivity index (χ2n) is 2.85. The maximum atomic E-state index is 5.22. The molecule has 0 amide bonds. The molecule has 11 heavy (non-hydrogen) atoms. The summed E-state index contributed by atoms with van der Waals surface area (Å²) >= 11 is 1.58. The molecule has 1 nitrogen and oxygen atoms in total. The average molecular weight is 163 g/mol. The van der Waals surface area contributed by atoms with E-state index in [1.807, 2.05) is 0 Å². The molecule has 0 atom stereocenters. The van der Waals surface area contributed by atoms with Crippen LogP contribution in [0.4, 0.5) is 0 Å². The number of nitrogens with zero attached hydrogens (tertiary/aromatic N) is 1. The number of aromatic nitrogens is 1. The molecule has 0 aromatic carbocycles. The van der Waals surface area contributed by atoms with Gasteiger partial charge >= 0.3 is 0 Å². The quantitative estimate of drug-likeness (QED) is 0.579. The normalized spacial score (nSPS) is 17.4. The SMILES string of the molecule is C#Cc1nc(C2CCC2)cs1. The van der Waals surface area contributed by atoms with Crippen molar-refractivity contribution in [1.82, 2.24) is 4.98 Å². The summed E-state index contributed by atoms with van der Waals surface area (Å²) in [5, 5.41) is 2.92. The van der Waals surface area contributed by atoms with Gasteiger partial charge in [-0.15, -0.1) is 17.8 Å². The molecule has 1 aromatic rings. The Morgan fingerprint density at radius 2 is 2.45 bits per heavy atom. The Hall–Kier alpha value is -0.810. The van der Waals surface area contributed by atoms with E-state index < -0.39 is 0 Å². The van der Waals surface area contributed by atoms with E-state index >= 15 is 0 Å². The molecule has 0 aliphatic heterocycles. The minimum Gasteiger partial charge on any atom is -0.232 e. The molecule has 1 aromatic heterocycles. The second-order valence-corrected chi connectivity index (χ2v) is 3.71. The first-order valence-corrected chi connectivity index (χ1v) is 4.70. The molecule has 1 fully saturated rings. The summed E-state index contributed by atoms with van der Waals surface area (Å²) in [5.74, 6) is 3.27. The van der Waals surface area contributed by atoms with Gasteiger partial charge in [-0.25, -0.2) is 4.98 Å². The first-order valence-electron chi connectivity index (χ1n) is 3.82. The van der Waals surface area contributed by atoms with Gasteiger partial charge in [0.1, 0.15) is 0 Å². The number of hydrogen-bond donors (Lipinski definition) is 0. The predicted octanol–water partition coefficient (Wildman–Crippen LogP) is 2.39. The highest BCUT2D eigenvalue weighted by molar-refractivity contribution is 7.10. The molecule has 56 valence electrons. The summed E-state index contributed by atoms with van der Waals surface area (Å²) in [6, 6.07) is 0. The van der Waals surface area contributed by atoms with Crippen molar-refractivity contribution >= 4 is 11.3 Å². The van der Waals surface area contributed by atoms with Crippen LogP contribution in [0.25, 0.3) is 0 Å². The fourth-order valence-corrected chi connectivity index (χ4v) is 1.95. The number of thiazole rings is 1. The Bertz CT molecular complexity index is 291. The molecular weight excluding hydrogens is 154 g/mol. The lowest BCUT2D eigenvalue weighted by Crippen LogP contribution is -2.08. The molecule has 0 radical (unpaired) electrons. The van der Waals surface area contributed by atoms with Gasteiger partial charge in [0, 0.05) is 11.3 Å². The Balaban J connectivity index is 2.19. The maximum absolute atomic E-state index is 5.22. The van der Waals surface area contributed by atoms with E-state index in [9.17, 15) is 0 Å². The molecule has 1 saturated carbocycles. The predicted molar refractivity (Wildman–Crippen MR) is 46.6 cm³/mol. The standard InChI is InChI=1S/C9H9NS/c1-2-9-10-8(6-11-9)7-4-3-5-7/h1,6-7H,3-5H2. The zero-order chi connectivity index (χ0) is 7.68. The summed E-state index contributed by atoms with van der Waals surface area (Å²) in [6.07, 6.45) is 9.17. The Morgan fingerprint density at radius 1 is 1.64 bits per heavy atom. The summed E-state index contributed by atoms with van der Waals surface area (Å²) in [6.45, 7) is 0. The first kappa shape index (κ1) is 6.87. The van der Waals surface area contributed by atoms with Gasteiger partial charge in [-0.1, -0.05) is 6.42 Å². The van der Waals surface area contributed by atoms with Crippen LogP contribution >= 0.6 is 11.3 Å². The van der Waals surface area contributed by atoms with Crippen molar-refractivity contribution in [2.24, 2.45) is 0 Å². The van der Waals surface area contributed by atoms with Crippen molar-refractivity contribution in [3.8, 4) is 12.3 Å². The fourth-order valence-electron chi connectivity index (χ4n) is 1.24. The van der Waals surface area contributed by atoms with Crippen molar-refractivity contribution < 1.29 is 0 Å². The van der Waals surface area contributed by atoms with Crippen LogP contribution in [0.1, 0.15) is 35.9 Å². The zero-order valence-corrected chi connectivity index (χ0v) is 7.03. The van der Waals surface area contributed by atoms with Crippen LogP contribution in [0.15, 0.2) is 5.38 Å². The van der Waals surface area contributed by atoms with Gasteiger partial charge in [-0.2, -0.15) is 0 Å². The van der Waals surface area contributed by atoms with E-state index in [1.54, 1.807) is 11.3 Å². The van der Waals surface area contributed by atoms with Gasteiger partial charge in [0.2, 0.25) is 0 Å². The lowest BCUT2D eigenvalue weighted by molar-refractivity contribution is 0.412. The molecule has 1 heterocycles. The van der Waals surface area contributed by atoms with Gasteiger partial charge in [0.15, 0.2) is 5.01 Å². The zero-order valence-electron chi connectivity index (χ0n) is 6.21. The highest BCUT2D eigenvalue weighted by Crippen LogP contribution is 2.36. The van der Waals surface area contributed by atoms with Crippen LogP contribution in [0, 0.1) is 12.3 Å². The molecule has 0 bridgehead atoms. The summed E-state index contributed by atoms with van der Waals surface area (Å²) in [7, 11) is 0. The minimum atomic E-state index is 0.716. The fraction of sp³-hybridized carbons (Fsp3) is 0.444. The van der Waals surface area contributed by atoms with Crippen molar-refractivity contribution in [2.75, 3.05) is 0 Å². The number of rotatable bonds is 1. The molecule has 2 rings (SSSR count). The van der Waals surface area contributed by atoms with Gasteiger partial charge in [-0.3, -0.25) is 0 Å². The van der Waals surface area contributed by atoms with E-state index in [-0.39, 0.29) is 0 Å². The minimum absolute atomic E-state index is 0.716. The first-order chi connectivity index (χ1) is 5.40. The molecule has 2 heteroatoms. The third kappa shape index (κ3) is 1.17. The Morgan fingerprint density at radius 3 is 2.91 bits per heavy atom. The average Bonchev–Trinajstić information content (AvgIpc) is 2.32. The van der Waals surface area contributed by atoms with E-state index in [0.29, 0.717) is 5.92 Å². The summed E-state index contributed by atoms with van der Waals surface area (Å²) in [5.41, 5.74) is 1.22. The highest BCUT2D eigenvalue weighted by Gasteiger charge is 2.21. The van der Waals surface area contributed by atoms with Gasteiger partial charge in [0.25, 0.3) is 0 Å². The van der Waals surface area contributed by atoms with Crippen LogP contribution in [-0.4, -0.2) is 4.98 Å². The monoisotopic (exact) mass is 163 g/mol. The molecule has 1 aliphatic carbocycles. The van der Waals surface area contributed by atoms with E-state index in [4.69, 9.17) is 6.42 Å². The summed E-state index contributed by atoms with van der Waals surface area (Å²) in [4.78, 5) is 4.33. The topological polar surface area (TPSA) is 12.9 Å². The lowest BCUT2D eigenvalue weighted by atomic mass is 9.83. The molecule has 0 spiro atoms. The third-order valence-corrected chi connectivity index (χ3v) is 2.96. The van der Waals surface area contributed by atoms with E-state index in [0.717, 1.165) is 5.01 Å². The maximum Gasteiger partial charge on any atom is 0.166 e.